The van der Waals surface area contributed by atoms with Gasteiger partial charge in [-0.25, -0.2) is 0 Å². The summed E-state index contributed by atoms with van der Waals surface area (Å²) >= 11 is 0. The first-order valence-electron chi connectivity index (χ1n) is 3.59. The van der Waals surface area contributed by atoms with Crippen LogP contribution in [0, 0.1) is 23.2 Å². The van der Waals surface area contributed by atoms with E-state index in [0.717, 1.165) is 19.6 Å². The number of nitrogens with zero attached hydrogens (tertiary/aromatic N) is 2. The van der Waals surface area contributed by atoms with E-state index < -0.39 is 0 Å². The van der Waals surface area contributed by atoms with E-state index in [1.54, 1.807) is 0 Å². The van der Waals surface area contributed by atoms with E-state index in [9.17, 15) is 0 Å². The van der Waals surface area contributed by atoms with Crippen molar-refractivity contribution in [1.29, 1.82) is 5.26 Å². The van der Waals surface area contributed by atoms with Crippen LogP contribution in [0.3, 0.4) is 0 Å². The molecule has 1 rings (SSSR count). The number of likely N-dealkylation sites (tertiary alicyclic amines) is 1. The molecule has 0 atom stereocenters. The summed E-state index contributed by atoms with van der Waals surface area (Å²) in [6, 6.07) is 2.28. The Morgan fingerprint density at radius 1 is 1.60 bits per heavy atom. The van der Waals surface area contributed by atoms with Gasteiger partial charge in [0, 0.05) is 19.6 Å². The Labute approximate surface area is 62.4 Å². The van der Waals surface area contributed by atoms with Crippen LogP contribution in [0.2, 0.25) is 0 Å². The Balaban J connectivity index is 2.30. The Morgan fingerprint density at radius 2 is 2.20 bits per heavy atom. The normalized spacial score (nSPS) is 19.7. The van der Waals surface area contributed by atoms with Crippen molar-refractivity contribution in [3.05, 3.63) is 6.42 Å². The lowest BCUT2D eigenvalue weighted by Crippen LogP contribution is -2.43. The second-order valence-corrected chi connectivity index (χ2v) is 3.48. The Hall–Kier alpha value is -0.550. The molecule has 0 aromatic carbocycles. The average molecular weight is 137 g/mol. The highest BCUT2D eigenvalue weighted by atomic mass is 15.2. The summed E-state index contributed by atoms with van der Waals surface area (Å²) in [6.07, 6.45) is 2.22. The monoisotopic (exact) mass is 137 g/mol. The number of rotatable bonds is 2. The van der Waals surface area contributed by atoms with E-state index in [1.807, 2.05) is 13.8 Å². The topological polar surface area (TPSA) is 27.0 Å². The van der Waals surface area contributed by atoms with E-state index in [2.05, 4.69) is 17.4 Å². The molecule has 0 unspecified atom stereocenters. The first kappa shape index (κ1) is 7.56. The van der Waals surface area contributed by atoms with Gasteiger partial charge in [0.15, 0.2) is 0 Å². The minimum atomic E-state index is -0.172. The molecule has 0 amide bonds. The molecule has 1 fully saturated rings. The van der Waals surface area contributed by atoms with Gasteiger partial charge in [0.1, 0.15) is 0 Å². The maximum Gasteiger partial charge on any atom is 0.0697 e. The maximum atomic E-state index is 8.68. The van der Waals surface area contributed by atoms with E-state index >= 15 is 0 Å². The molecule has 2 heteroatoms. The summed E-state index contributed by atoms with van der Waals surface area (Å²) in [5.41, 5.74) is -0.172. The molecule has 0 aliphatic carbocycles. The van der Waals surface area contributed by atoms with Crippen LogP contribution in [0.1, 0.15) is 13.8 Å². The molecule has 0 spiro atoms. The minimum Gasteiger partial charge on any atom is -0.301 e. The number of hydrogen-bond acceptors (Lipinski definition) is 2. The van der Waals surface area contributed by atoms with E-state index in [1.165, 1.54) is 0 Å². The van der Waals surface area contributed by atoms with Crippen molar-refractivity contribution in [1.82, 2.24) is 4.90 Å². The van der Waals surface area contributed by atoms with Gasteiger partial charge in [-0.2, -0.15) is 5.26 Å². The molecule has 1 saturated heterocycles. The highest BCUT2D eigenvalue weighted by molar-refractivity contribution is 4.98. The molecule has 1 aliphatic rings. The van der Waals surface area contributed by atoms with Crippen LogP contribution in [-0.4, -0.2) is 24.5 Å². The van der Waals surface area contributed by atoms with E-state index in [-0.39, 0.29) is 5.41 Å². The second kappa shape index (κ2) is 2.59. The van der Waals surface area contributed by atoms with E-state index in [0.29, 0.717) is 0 Å². The smallest absolute Gasteiger partial charge is 0.0697 e. The average Bonchev–Trinajstić information content (AvgIpc) is 1.80. The van der Waals surface area contributed by atoms with Crippen molar-refractivity contribution in [2.24, 2.45) is 5.41 Å². The van der Waals surface area contributed by atoms with Crippen molar-refractivity contribution in [2.45, 2.75) is 13.8 Å². The molecule has 0 N–H and O–H groups in total. The molecule has 0 aromatic rings. The largest absolute Gasteiger partial charge is 0.301 e. The van der Waals surface area contributed by atoms with Gasteiger partial charge >= 0.3 is 0 Å². The van der Waals surface area contributed by atoms with Crippen LogP contribution in [0.25, 0.3) is 0 Å². The van der Waals surface area contributed by atoms with Gasteiger partial charge in [0.05, 0.1) is 11.5 Å². The van der Waals surface area contributed by atoms with Crippen LogP contribution >= 0.6 is 0 Å². The van der Waals surface area contributed by atoms with Crippen LogP contribution < -0.4 is 0 Å². The third kappa shape index (κ3) is 1.71. The lowest BCUT2D eigenvalue weighted by atomic mass is 9.94. The zero-order valence-electron chi connectivity index (χ0n) is 6.59. The van der Waals surface area contributed by atoms with Gasteiger partial charge in [0.2, 0.25) is 0 Å². The van der Waals surface area contributed by atoms with Crippen molar-refractivity contribution >= 4 is 0 Å². The quantitative estimate of drug-likeness (QED) is 0.569. The molecule has 0 aromatic heterocycles. The van der Waals surface area contributed by atoms with Crippen molar-refractivity contribution in [2.75, 3.05) is 19.6 Å². The van der Waals surface area contributed by atoms with Crippen LogP contribution in [-0.2, 0) is 0 Å². The highest BCUT2D eigenvalue weighted by Crippen LogP contribution is 2.18. The van der Waals surface area contributed by atoms with Crippen molar-refractivity contribution < 1.29 is 0 Å². The lowest BCUT2D eigenvalue weighted by molar-refractivity contribution is 0.189. The lowest BCUT2D eigenvalue weighted by Gasteiger charge is -2.34. The molecule has 10 heavy (non-hydrogen) atoms. The summed E-state index contributed by atoms with van der Waals surface area (Å²) in [5, 5.41) is 8.68. The summed E-state index contributed by atoms with van der Waals surface area (Å²) < 4.78 is 0. The Bertz CT molecular complexity index is 151. The Morgan fingerprint density at radius 3 is 2.50 bits per heavy atom. The standard InChI is InChI=1S/C8H13N2/c1-8(2,6-9)7-10-4-3-5-10/h3H,4-5,7H2,1-2H3. The van der Waals surface area contributed by atoms with Crippen LogP contribution in [0.4, 0.5) is 0 Å². The number of hydrogen-bond donors (Lipinski definition) is 0. The third-order valence-electron chi connectivity index (χ3n) is 1.70. The Kier molecular flexibility index (Phi) is 1.96. The molecule has 0 saturated carbocycles. The van der Waals surface area contributed by atoms with Gasteiger partial charge in [0.25, 0.3) is 0 Å². The van der Waals surface area contributed by atoms with Crippen LogP contribution in [0.15, 0.2) is 0 Å². The van der Waals surface area contributed by atoms with Gasteiger partial charge in [-0.05, 0) is 20.3 Å². The fraction of sp³-hybridized carbons (Fsp3) is 0.750. The fourth-order valence-corrected chi connectivity index (χ4v) is 1.04. The molecule has 55 valence electrons. The van der Waals surface area contributed by atoms with Crippen molar-refractivity contribution in [3.8, 4) is 6.07 Å². The molecule has 2 nitrogen and oxygen atoms in total. The predicted octanol–water partition coefficient (Wildman–Crippen LogP) is 1.06. The SMILES string of the molecule is CC(C)(C#N)CN1C[CH]C1. The van der Waals surface area contributed by atoms with Gasteiger partial charge < -0.3 is 4.90 Å². The second-order valence-electron chi connectivity index (χ2n) is 3.48. The van der Waals surface area contributed by atoms with Crippen molar-refractivity contribution in [3.63, 3.8) is 0 Å². The molecular weight excluding hydrogens is 124 g/mol. The third-order valence-corrected chi connectivity index (χ3v) is 1.70. The highest BCUT2D eigenvalue weighted by Gasteiger charge is 2.24. The minimum absolute atomic E-state index is 0.172. The molecule has 1 heterocycles. The molecular formula is C8H13N2. The fourth-order valence-electron chi connectivity index (χ4n) is 1.04. The summed E-state index contributed by atoms with van der Waals surface area (Å²) in [7, 11) is 0. The zero-order valence-corrected chi connectivity index (χ0v) is 6.59. The first-order valence-corrected chi connectivity index (χ1v) is 3.59. The number of nitriles is 1. The zero-order chi connectivity index (χ0) is 7.61. The summed E-state index contributed by atoms with van der Waals surface area (Å²) in [5.74, 6) is 0. The predicted molar refractivity (Wildman–Crippen MR) is 40.1 cm³/mol. The van der Waals surface area contributed by atoms with Crippen LogP contribution in [0.5, 0.6) is 0 Å². The first-order chi connectivity index (χ1) is 4.64. The van der Waals surface area contributed by atoms with E-state index in [4.69, 9.17) is 5.26 Å². The molecule has 1 aliphatic heterocycles. The summed E-state index contributed by atoms with van der Waals surface area (Å²) in [6.45, 7) is 6.98. The summed E-state index contributed by atoms with van der Waals surface area (Å²) in [4.78, 5) is 2.27. The molecule has 0 bridgehead atoms. The van der Waals surface area contributed by atoms with Gasteiger partial charge in [-0.3, -0.25) is 0 Å². The molecule has 1 radical (unpaired) electrons. The van der Waals surface area contributed by atoms with Gasteiger partial charge in [-0.1, -0.05) is 0 Å². The van der Waals surface area contributed by atoms with Gasteiger partial charge in [-0.15, -0.1) is 0 Å². The maximum absolute atomic E-state index is 8.68.